The van der Waals surface area contributed by atoms with Crippen LogP contribution in [0.1, 0.15) is 22.8 Å². The standard InChI is InChI=1S/C16H16O2/c1-17-14-8-6-13(7-9-14)16-15-5-3-2-4-12(15)10-11-18-16/h2-9,16H,10-11H2,1H3/t16-/m1/s1. The summed E-state index contributed by atoms with van der Waals surface area (Å²) in [5, 5.41) is 0. The van der Waals surface area contributed by atoms with Crippen LogP contribution in [0.25, 0.3) is 0 Å². The van der Waals surface area contributed by atoms with Crippen LogP contribution in [0.2, 0.25) is 0 Å². The van der Waals surface area contributed by atoms with Crippen molar-refractivity contribution in [2.24, 2.45) is 0 Å². The zero-order valence-corrected chi connectivity index (χ0v) is 10.4. The van der Waals surface area contributed by atoms with Gasteiger partial charge in [0.2, 0.25) is 0 Å². The first-order valence-electron chi connectivity index (χ1n) is 6.22. The maximum absolute atomic E-state index is 5.92. The summed E-state index contributed by atoms with van der Waals surface area (Å²) in [6.45, 7) is 0.785. The maximum atomic E-state index is 5.92. The molecule has 0 bridgehead atoms. The van der Waals surface area contributed by atoms with Gasteiger partial charge in [-0.1, -0.05) is 36.4 Å². The molecule has 0 aliphatic carbocycles. The number of benzene rings is 2. The van der Waals surface area contributed by atoms with Crippen LogP contribution in [0.3, 0.4) is 0 Å². The molecular formula is C16H16O2. The summed E-state index contributed by atoms with van der Waals surface area (Å²) in [5.41, 5.74) is 3.86. The van der Waals surface area contributed by atoms with Gasteiger partial charge < -0.3 is 9.47 Å². The topological polar surface area (TPSA) is 18.5 Å². The van der Waals surface area contributed by atoms with Crippen LogP contribution in [0, 0.1) is 0 Å². The van der Waals surface area contributed by atoms with E-state index in [9.17, 15) is 0 Å². The first-order valence-corrected chi connectivity index (χ1v) is 6.22. The first-order chi connectivity index (χ1) is 8.88. The van der Waals surface area contributed by atoms with Gasteiger partial charge in [-0.25, -0.2) is 0 Å². The third-order valence-electron chi connectivity index (χ3n) is 3.41. The van der Waals surface area contributed by atoms with E-state index in [1.807, 2.05) is 12.1 Å². The highest BCUT2D eigenvalue weighted by molar-refractivity contribution is 5.39. The molecular weight excluding hydrogens is 224 g/mol. The molecule has 1 aliphatic rings. The largest absolute Gasteiger partial charge is 0.497 e. The molecule has 1 heterocycles. The van der Waals surface area contributed by atoms with Crippen LogP contribution in [0.15, 0.2) is 48.5 Å². The van der Waals surface area contributed by atoms with Gasteiger partial charge in [0, 0.05) is 0 Å². The van der Waals surface area contributed by atoms with E-state index in [2.05, 4.69) is 36.4 Å². The second kappa shape index (κ2) is 4.83. The Morgan fingerprint density at radius 2 is 1.83 bits per heavy atom. The molecule has 2 heteroatoms. The van der Waals surface area contributed by atoms with Gasteiger partial charge in [-0.3, -0.25) is 0 Å². The minimum absolute atomic E-state index is 0.0563. The van der Waals surface area contributed by atoms with E-state index >= 15 is 0 Å². The third kappa shape index (κ3) is 2.00. The van der Waals surface area contributed by atoms with Crippen LogP contribution in [0.5, 0.6) is 5.75 Å². The van der Waals surface area contributed by atoms with Gasteiger partial charge in [-0.15, -0.1) is 0 Å². The monoisotopic (exact) mass is 240 g/mol. The molecule has 0 radical (unpaired) electrons. The lowest BCUT2D eigenvalue weighted by atomic mass is 9.93. The lowest BCUT2D eigenvalue weighted by molar-refractivity contribution is 0.0698. The second-order valence-corrected chi connectivity index (χ2v) is 4.47. The zero-order valence-electron chi connectivity index (χ0n) is 10.4. The smallest absolute Gasteiger partial charge is 0.118 e. The summed E-state index contributed by atoms with van der Waals surface area (Å²) >= 11 is 0. The molecule has 0 spiro atoms. The van der Waals surface area contributed by atoms with Gasteiger partial charge in [0.1, 0.15) is 11.9 Å². The molecule has 0 unspecified atom stereocenters. The fourth-order valence-electron chi connectivity index (χ4n) is 2.45. The van der Waals surface area contributed by atoms with Gasteiger partial charge >= 0.3 is 0 Å². The number of ether oxygens (including phenoxy) is 2. The Labute approximate surface area is 107 Å². The van der Waals surface area contributed by atoms with Gasteiger partial charge in [-0.2, -0.15) is 0 Å². The van der Waals surface area contributed by atoms with E-state index < -0.39 is 0 Å². The van der Waals surface area contributed by atoms with E-state index in [0.717, 1.165) is 18.8 Å². The van der Waals surface area contributed by atoms with E-state index in [1.165, 1.54) is 16.7 Å². The highest BCUT2D eigenvalue weighted by atomic mass is 16.5. The van der Waals surface area contributed by atoms with Crippen molar-refractivity contribution in [2.75, 3.05) is 13.7 Å². The van der Waals surface area contributed by atoms with Crippen molar-refractivity contribution in [1.82, 2.24) is 0 Å². The molecule has 18 heavy (non-hydrogen) atoms. The molecule has 3 rings (SSSR count). The van der Waals surface area contributed by atoms with Crippen LogP contribution >= 0.6 is 0 Å². The summed E-state index contributed by atoms with van der Waals surface area (Å²) in [4.78, 5) is 0. The van der Waals surface area contributed by atoms with E-state index in [4.69, 9.17) is 9.47 Å². The van der Waals surface area contributed by atoms with E-state index in [-0.39, 0.29) is 6.10 Å². The highest BCUT2D eigenvalue weighted by Gasteiger charge is 2.21. The zero-order chi connectivity index (χ0) is 12.4. The van der Waals surface area contributed by atoms with Crippen molar-refractivity contribution in [3.63, 3.8) is 0 Å². The molecule has 0 fully saturated rings. The van der Waals surface area contributed by atoms with Crippen LogP contribution < -0.4 is 4.74 Å². The predicted molar refractivity (Wildman–Crippen MR) is 70.9 cm³/mol. The average molecular weight is 240 g/mol. The van der Waals surface area contributed by atoms with Gasteiger partial charge in [0.15, 0.2) is 0 Å². The normalized spacial score (nSPS) is 18.2. The van der Waals surface area contributed by atoms with Crippen LogP contribution in [0.4, 0.5) is 0 Å². The average Bonchev–Trinajstić information content (AvgIpc) is 2.47. The molecule has 2 nitrogen and oxygen atoms in total. The van der Waals surface area contributed by atoms with Crippen molar-refractivity contribution in [1.29, 1.82) is 0 Å². The van der Waals surface area contributed by atoms with Crippen LogP contribution in [-0.4, -0.2) is 13.7 Å². The van der Waals surface area contributed by atoms with Crippen molar-refractivity contribution < 1.29 is 9.47 Å². The van der Waals surface area contributed by atoms with Gasteiger partial charge in [-0.05, 0) is 35.2 Å². The van der Waals surface area contributed by atoms with E-state index in [0.29, 0.717) is 0 Å². The predicted octanol–water partition coefficient (Wildman–Crippen LogP) is 3.36. The van der Waals surface area contributed by atoms with Crippen molar-refractivity contribution in [3.8, 4) is 5.75 Å². The fourth-order valence-corrected chi connectivity index (χ4v) is 2.45. The summed E-state index contributed by atoms with van der Waals surface area (Å²) in [6.07, 6.45) is 1.06. The van der Waals surface area contributed by atoms with Crippen molar-refractivity contribution in [3.05, 3.63) is 65.2 Å². The number of hydrogen-bond acceptors (Lipinski definition) is 2. The lowest BCUT2D eigenvalue weighted by Gasteiger charge is -2.26. The molecule has 1 aliphatic heterocycles. The summed E-state index contributed by atoms with van der Waals surface area (Å²) < 4.78 is 11.1. The summed E-state index contributed by atoms with van der Waals surface area (Å²) in [7, 11) is 1.68. The molecule has 2 aromatic carbocycles. The van der Waals surface area contributed by atoms with Gasteiger partial charge in [0.05, 0.1) is 13.7 Å². The summed E-state index contributed by atoms with van der Waals surface area (Å²) in [6, 6.07) is 16.6. The van der Waals surface area contributed by atoms with E-state index in [1.54, 1.807) is 7.11 Å². The number of fused-ring (bicyclic) bond motifs is 1. The Morgan fingerprint density at radius 1 is 1.06 bits per heavy atom. The first kappa shape index (κ1) is 11.3. The molecule has 1 atom stereocenters. The second-order valence-electron chi connectivity index (χ2n) is 4.47. The summed E-state index contributed by atoms with van der Waals surface area (Å²) in [5.74, 6) is 0.878. The van der Waals surface area contributed by atoms with Crippen molar-refractivity contribution in [2.45, 2.75) is 12.5 Å². The number of methoxy groups -OCH3 is 1. The molecule has 0 saturated carbocycles. The van der Waals surface area contributed by atoms with Crippen LogP contribution in [-0.2, 0) is 11.2 Å². The third-order valence-corrected chi connectivity index (χ3v) is 3.41. The Hall–Kier alpha value is -1.80. The minimum Gasteiger partial charge on any atom is -0.497 e. The Morgan fingerprint density at radius 3 is 2.61 bits per heavy atom. The molecule has 2 aromatic rings. The number of hydrogen-bond donors (Lipinski definition) is 0. The molecule has 0 aromatic heterocycles. The lowest BCUT2D eigenvalue weighted by Crippen LogP contribution is -2.17. The van der Waals surface area contributed by atoms with Crippen molar-refractivity contribution >= 4 is 0 Å². The molecule has 92 valence electrons. The quantitative estimate of drug-likeness (QED) is 0.801. The SMILES string of the molecule is COc1ccc([C@H]2OCCc3ccccc32)cc1. The molecule has 0 saturated heterocycles. The molecule has 0 amide bonds. The Balaban J connectivity index is 1.97. The Bertz CT molecular complexity index is 531. The fraction of sp³-hybridized carbons (Fsp3) is 0.250. The maximum Gasteiger partial charge on any atom is 0.118 e. The Kier molecular flexibility index (Phi) is 3.03. The number of rotatable bonds is 2. The highest BCUT2D eigenvalue weighted by Crippen LogP contribution is 2.33. The minimum atomic E-state index is 0.0563. The van der Waals surface area contributed by atoms with Gasteiger partial charge in [0.25, 0.3) is 0 Å². The molecule has 0 N–H and O–H groups in total.